The van der Waals surface area contributed by atoms with Crippen LogP contribution in [0.3, 0.4) is 0 Å². The first-order chi connectivity index (χ1) is 9.07. The average Bonchev–Trinajstić information content (AvgIpc) is 2.89. The van der Waals surface area contributed by atoms with Gasteiger partial charge in [-0.25, -0.2) is 0 Å². The molecular formula is C13H17N3O3. The predicted octanol–water partition coefficient (Wildman–Crippen LogP) is 1.92. The van der Waals surface area contributed by atoms with Crippen molar-refractivity contribution in [2.24, 2.45) is 5.41 Å². The Morgan fingerprint density at radius 1 is 1.58 bits per heavy atom. The summed E-state index contributed by atoms with van der Waals surface area (Å²) >= 11 is 0. The van der Waals surface area contributed by atoms with Crippen LogP contribution in [0, 0.1) is 15.5 Å². The molecule has 1 saturated heterocycles. The molecule has 0 saturated carbocycles. The number of nitrogens with zero attached hydrogens (tertiary/aromatic N) is 1. The number of carbonyl (C=O) groups excluding carboxylic acids is 1. The van der Waals surface area contributed by atoms with E-state index in [4.69, 9.17) is 0 Å². The number of anilines is 1. The minimum atomic E-state index is -0.470. The van der Waals surface area contributed by atoms with Gasteiger partial charge < -0.3 is 10.6 Å². The van der Waals surface area contributed by atoms with Crippen molar-refractivity contribution in [1.29, 1.82) is 0 Å². The molecule has 1 aromatic carbocycles. The zero-order chi connectivity index (χ0) is 13.9. The summed E-state index contributed by atoms with van der Waals surface area (Å²) < 4.78 is 0. The van der Waals surface area contributed by atoms with Gasteiger partial charge in [0.1, 0.15) is 0 Å². The molecule has 102 valence electrons. The number of nitrogens with one attached hydrogen (secondary N) is 2. The first-order valence-corrected chi connectivity index (χ1v) is 6.34. The van der Waals surface area contributed by atoms with E-state index in [2.05, 4.69) is 10.6 Å². The molecule has 2 N–H and O–H groups in total. The summed E-state index contributed by atoms with van der Waals surface area (Å²) in [5.74, 6) is -0.0690. The molecule has 6 heteroatoms. The highest BCUT2D eigenvalue weighted by atomic mass is 16.6. The molecule has 1 atom stereocenters. The second-order valence-electron chi connectivity index (χ2n) is 4.82. The molecule has 0 aromatic heterocycles. The maximum atomic E-state index is 12.3. The zero-order valence-electron chi connectivity index (χ0n) is 10.8. The Morgan fingerprint density at radius 2 is 2.37 bits per heavy atom. The first kappa shape index (κ1) is 13.5. The number of nitro groups is 1. The molecule has 1 amide bonds. The van der Waals surface area contributed by atoms with E-state index < -0.39 is 10.3 Å². The minimum absolute atomic E-state index is 0.0205. The van der Waals surface area contributed by atoms with E-state index in [-0.39, 0.29) is 11.6 Å². The third kappa shape index (κ3) is 2.73. The highest BCUT2D eigenvalue weighted by Gasteiger charge is 2.39. The lowest BCUT2D eigenvalue weighted by atomic mass is 9.83. The summed E-state index contributed by atoms with van der Waals surface area (Å²) in [6.07, 6.45) is 1.55. The number of non-ortho nitro benzene ring substituents is 1. The van der Waals surface area contributed by atoms with Crippen LogP contribution in [-0.4, -0.2) is 23.9 Å². The van der Waals surface area contributed by atoms with Gasteiger partial charge in [-0.2, -0.15) is 0 Å². The Bertz CT molecular complexity index is 496. The third-order valence-electron chi connectivity index (χ3n) is 3.72. The molecule has 19 heavy (non-hydrogen) atoms. The Balaban J connectivity index is 2.14. The quantitative estimate of drug-likeness (QED) is 0.642. The number of rotatable bonds is 4. The van der Waals surface area contributed by atoms with Crippen LogP contribution >= 0.6 is 0 Å². The standard InChI is InChI=1S/C13H17N3O3/c1-2-13(6-7-14-9-13)12(17)15-10-4-3-5-11(8-10)16(18)19/h3-5,8,14H,2,6-7,9H2,1H3,(H,15,17). The van der Waals surface area contributed by atoms with Crippen molar-refractivity contribution in [1.82, 2.24) is 5.32 Å². The van der Waals surface area contributed by atoms with Crippen molar-refractivity contribution in [3.8, 4) is 0 Å². The Labute approximate surface area is 111 Å². The van der Waals surface area contributed by atoms with Crippen LogP contribution in [0.5, 0.6) is 0 Å². The van der Waals surface area contributed by atoms with Crippen molar-refractivity contribution in [2.45, 2.75) is 19.8 Å². The van der Waals surface area contributed by atoms with E-state index in [9.17, 15) is 14.9 Å². The smallest absolute Gasteiger partial charge is 0.271 e. The Morgan fingerprint density at radius 3 is 2.95 bits per heavy atom. The summed E-state index contributed by atoms with van der Waals surface area (Å²) in [6, 6.07) is 6.02. The summed E-state index contributed by atoms with van der Waals surface area (Å²) in [5, 5.41) is 16.7. The first-order valence-electron chi connectivity index (χ1n) is 6.34. The van der Waals surface area contributed by atoms with Gasteiger partial charge in [0.05, 0.1) is 10.3 Å². The van der Waals surface area contributed by atoms with Gasteiger partial charge in [-0.05, 0) is 25.5 Å². The summed E-state index contributed by atoms with van der Waals surface area (Å²) in [4.78, 5) is 22.6. The van der Waals surface area contributed by atoms with Crippen molar-refractivity contribution < 1.29 is 9.72 Å². The van der Waals surface area contributed by atoms with Crippen LogP contribution in [0.2, 0.25) is 0 Å². The Hall–Kier alpha value is -1.95. The molecule has 0 spiro atoms. The molecule has 2 rings (SSSR count). The van der Waals surface area contributed by atoms with Gasteiger partial charge in [0.15, 0.2) is 0 Å². The maximum absolute atomic E-state index is 12.3. The van der Waals surface area contributed by atoms with E-state index in [1.807, 2.05) is 6.92 Å². The molecule has 1 heterocycles. The molecule has 6 nitrogen and oxygen atoms in total. The van der Waals surface area contributed by atoms with Crippen LogP contribution < -0.4 is 10.6 Å². The summed E-state index contributed by atoms with van der Waals surface area (Å²) in [7, 11) is 0. The number of nitro benzene ring substituents is 1. The van der Waals surface area contributed by atoms with Crippen molar-refractivity contribution in [3.05, 3.63) is 34.4 Å². The lowest BCUT2D eigenvalue weighted by molar-refractivity contribution is -0.384. The van der Waals surface area contributed by atoms with Gasteiger partial charge in [0.25, 0.3) is 5.69 Å². The topological polar surface area (TPSA) is 84.3 Å². The third-order valence-corrected chi connectivity index (χ3v) is 3.72. The second-order valence-corrected chi connectivity index (χ2v) is 4.82. The molecule has 0 aliphatic carbocycles. The van der Waals surface area contributed by atoms with Gasteiger partial charge in [-0.15, -0.1) is 0 Å². The maximum Gasteiger partial charge on any atom is 0.271 e. The molecule has 1 fully saturated rings. The molecule has 1 aromatic rings. The predicted molar refractivity (Wildman–Crippen MR) is 71.9 cm³/mol. The lowest BCUT2D eigenvalue weighted by Gasteiger charge is -2.25. The van der Waals surface area contributed by atoms with Crippen molar-refractivity contribution >= 4 is 17.3 Å². The number of carbonyl (C=O) groups is 1. The second kappa shape index (κ2) is 5.36. The van der Waals surface area contributed by atoms with Gasteiger partial charge >= 0.3 is 0 Å². The largest absolute Gasteiger partial charge is 0.325 e. The molecule has 1 aliphatic heterocycles. The Kier molecular flexibility index (Phi) is 3.80. The van der Waals surface area contributed by atoms with Gasteiger partial charge in [-0.3, -0.25) is 14.9 Å². The normalized spacial score (nSPS) is 22.2. The molecule has 1 aliphatic rings. The van der Waals surface area contributed by atoms with E-state index in [0.29, 0.717) is 12.2 Å². The highest BCUT2D eigenvalue weighted by molar-refractivity contribution is 5.96. The fraction of sp³-hybridized carbons (Fsp3) is 0.462. The van der Waals surface area contributed by atoms with Crippen LogP contribution in [0.25, 0.3) is 0 Å². The van der Waals surface area contributed by atoms with E-state index in [1.165, 1.54) is 12.1 Å². The SMILES string of the molecule is CCC1(C(=O)Nc2cccc([N+](=O)[O-])c2)CCNC1. The summed E-state index contributed by atoms with van der Waals surface area (Å²) in [5.41, 5.74) is 0.0526. The minimum Gasteiger partial charge on any atom is -0.325 e. The molecule has 0 bridgehead atoms. The number of hydrogen-bond donors (Lipinski definition) is 2. The average molecular weight is 263 g/mol. The van der Waals surface area contributed by atoms with Crippen molar-refractivity contribution in [2.75, 3.05) is 18.4 Å². The van der Waals surface area contributed by atoms with E-state index >= 15 is 0 Å². The van der Waals surface area contributed by atoms with E-state index in [1.54, 1.807) is 12.1 Å². The number of hydrogen-bond acceptors (Lipinski definition) is 4. The van der Waals surface area contributed by atoms with E-state index in [0.717, 1.165) is 19.4 Å². The number of benzene rings is 1. The van der Waals surface area contributed by atoms with Crippen LogP contribution in [0.4, 0.5) is 11.4 Å². The van der Waals surface area contributed by atoms with Gasteiger partial charge in [0.2, 0.25) is 5.91 Å². The molecule has 1 unspecified atom stereocenters. The van der Waals surface area contributed by atoms with Crippen LogP contribution in [-0.2, 0) is 4.79 Å². The monoisotopic (exact) mass is 263 g/mol. The molecular weight excluding hydrogens is 246 g/mol. The van der Waals surface area contributed by atoms with Crippen molar-refractivity contribution in [3.63, 3.8) is 0 Å². The molecule has 0 radical (unpaired) electrons. The highest BCUT2D eigenvalue weighted by Crippen LogP contribution is 2.31. The lowest BCUT2D eigenvalue weighted by Crippen LogP contribution is -2.37. The fourth-order valence-corrected chi connectivity index (χ4v) is 2.36. The fourth-order valence-electron chi connectivity index (χ4n) is 2.36. The summed E-state index contributed by atoms with van der Waals surface area (Å²) in [6.45, 7) is 3.47. The van der Waals surface area contributed by atoms with Gasteiger partial charge in [-0.1, -0.05) is 13.0 Å². The zero-order valence-corrected chi connectivity index (χ0v) is 10.8. The van der Waals surface area contributed by atoms with Crippen LogP contribution in [0.1, 0.15) is 19.8 Å². The van der Waals surface area contributed by atoms with Crippen LogP contribution in [0.15, 0.2) is 24.3 Å². The number of amides is 1. The van der Waals surface area contributed by atoms with Gasteiger partial charge in [0, 0.05) is 24.4 Å².